The van der Waals surface area contributed by atoms with Gasteiger partial charge in [0.15, 0.2) is 0 Å². The maximum Gasteiger partial charge on any atom is 0.253 e. The van der Waals surface area contributed by atoms with E-state index in [1.807, 2.05) is 44.0 Å². The molecule has 0 fully saturated rings. The van der Waals surface area contributed by atoms with Gasteiger partial charge >= 0.3 is 0 Å². The number of ether oxygens (including phenoxy) is 1. The summed E-state index contributed by atoms with van der Waals surface area (Å²) in [7, 11) is 1.89. The van der Waals surface area contributed by atoms with Crippen molar-refractivity contribution in [1.29, 1.82) is 0 Å². The lowest BCUT2D eigenvalue weighted by atomic mass is 10.1. The molecule has 0 radical (unpaired) electrons. The number of nitrogens with one attached hydrogen (secondary N) is 2. The number of likely N-dealkylation sites (N-methyl/N-ethyl adjacent to an activating group) is 1. The van der Waals surface area contributed by atoms with Crippen LogP contribution in [-0.4, -0.2) is 43.3 Å². The number of carbonyl (C=O) groups is 1. The summed E-state index contributed by atoms with van der Waals surface area (Å²) < 4.78 is 5.50. The molecule has 148 valence electrons. The number of nitrogens with two attached hydrogens (primary N) is 2. The van der Waals surface area contributed by atoms with Crippen molar-refractivity contribution in [2.45, 2.75) is 39.0 Å². The molecule has 7 nitrogen and oxygen atoms in total. The second kappa shape index (κ2) is 10.1. The third kappa shape index (κ3) is 5.32. The van der Waals surface area contributed by atoms with E-state index >= 15 is 0 Å². The van der Waals surface area contributed by atoms with Crippen LogP contribution >= 0.6 is 0 Å². The van der Waals surface area contributed by atoms with Crippen molar-refractivity contribution in [2.75, 3.05) is 20.3 Å². The fourth-order valence-electron chi connectivity index (χ4n) is 3.08. The first-order valence-electron chi connectivity index (χ1n) is 9.42. The van der Waals surface area contributed by atoms with Gasteiger partial charge in [0, 0.05) is 32.9 Å². The number of nitrogens with zero attached hydrogens (tertiary/aromatic N) is 1. The van der Waals surface area contributed by atoms with Crippen LogP contribution in [0.15, 0.2) is 42.1 Å². The average molecular weight is 374 g/mol. The van der Waals surface area contributed by atoms with E-state index in [4.69, 9.17) is 16.2 Å². The summed E-state index contributed by atoms with van der Waals surface area (Å²) in [6.45, 7) is 5.53. The normalized spacial score (nSPS) is 18.6. The summed E-state index contributed by atoms with van der Waals surface area (Å²) in [4.78, 5) is 14.3. The predicted molar refractivity (Wildman–Crippen MR) is 108 cm³/mol. The Kier molecular flexibility index (Phi) is 7.84. The molecule has 0 aromatic heterocycles. The van der Waals surface area contributed by atoms with Crippen molar-refractivity contribution in [2.24, 2.45) is 11.5 Å². The molecule has 7 heteroatoms. The zero-order chi connectivity index (χ0) is 19.8. The number of amides is 1. The van der Waals surface area contributed by atoms with Crippen LogP contribution in [0.4, 0.5) is 0 Å². The van der Waals surface area contributed by atoms with Gasteiger partial charge in [0.1, 0.15) is 5.75 Å². The lowest BCUT2D eigenvalue weighted by Gasteiger charge is -2.32. The van der Waals surface area contributed by atoms with Gasteiger partial charge in [-0.25, -0.2) is 0 Å². The average Bonchev–Trinajstić information content (AvgIpc) is 3.15. The van der Waals surface area contributed by atoms with Gasteiger partial charge in [-0.2, -0.15) is 0 Å². The highest BCUT2D eigenvalue weighted by atomic mass is 16.5. The van der Waals surface area contributed by atoms with Crippen molar-refractivity contribution >= 4 is 5.91 Å². The molecule has 0 aliphatic carbocycles. The third-order valence-corrected chi connectivity index (χ3v) is 4.48. The number of rotatable bonds is 6. The molecule has 1 aromatic rings. The van der Waals surface area contributed by atoms with Gasteiger partial charge in [0.05, 0.1) is 24.4 Å². The molecule has 2 aliphatic heterocycles. The molecule has 0 saturated heterocycles. The number of hydrogen-bond acceptors (Lipinski definition) is 6. The lowest BCUT2D eigenvalue weighted by Crippen LogP contribution is -2.54. The van der Waals surface area contributed by atoms with E-state index in [1.165, 1.54) is 5.56 Å². The summed E-state index contributed by atoms with van der Waals surface area (Å²) in [6.07, 6.45) is 6.15. The number of benzene rings is 1. The third-order valence-electron chi connectivity index (χ3n) is 4.48. The zero-order valence-corrected chi connectivity index (χ0v) is 16.4. The van der Waals surface area contributed by atoms with Crippen molar-refractivity contribution in [1.82, 2.24) is 15.5 Å². The van der Waals surface area contributed by atoms with E-state index < -0.39 is 0 Å². The summed E-state index contributed by atoms with van der Waals surface area (Å²) >= 11 is 0. The largest absolute Gasteiger partial charge is 0.493 e. The quantitative estimate of drug-likeness (QED) is 0.550. The molecule has 2 heterocycles. The summed E-state index contributed by atoms with van der Waals surface area (Å²) in [5.74, 6) is 0.835. The van der Waals surface area contributed by atoms with Crippen molar-refractivity contribution in [3.05, 3.63) is 53.3 Å². The molecule has 3 rings (SSSR count). The van der Waals surface area contributed by atoms with Crippen LogP contribution < -0.4 is 26.8 Å². The summed E-state index contributed by atoms with van der Waals surface area (Å²) in [5, 5.41) is 5.94. The minimum absolute atomic E-state index is 0.0446. The summed E-state index contributed by atoms with van der Waals surface area (Å²) in [5.41, 5.74) is 14.4. The minimum atomic E-state index is -0.291. The molecule has 2 aliphatic rings. The molecule has 6 N–H and O–H groups in total. The van der Waals surface area contributed by atoms with Gasteiger partial charge in [-0.3, -0.25) is 10.1 Å². The van der Waals surface area contributed by atoms with Crippen LogP contribution in [0.5, 0.6) is 5.75 Å². The molecule has 0 spiro atoms. The number of carbonyl (C=O) groups excluding carboxylic acids is 1. The number of hydrogen-bond donors (Lipinski definition) is 4. The first-order valence-corrected chi connectivity index (χ1v) is 9.42. The van der Waals surface area contributed by atoms with Crippen LogP contribution in [0.25, 0.3) is 0 Å². The van der Waals surface area contributed by atoms with Crippen molar-refractivity contribution < 1.29 is 9.53 Å². The highest BCUT2D eigenvalue weighted by molar-refractivity contribution is 5.96. The Bertz CT molecular complexity index is 702. The van der Waals surface area contributed by atoms with E-state index in [0.29, 0.717) is 18.8 Å². The second-order valence-electron chi connectivity index (χ2n) is 6.26. The second-order valence-corrected chi connectivity index (χ2v) is 6.26. The molecular formula is C20H31N5O2. The molecule has 2 unspecified atom stereocenters. The SMILES string of the molecule is CC.CN1C=C(C(=O)NCc2ccc3c(c2)CCO3)C=CC1C(N)NCN. The van der Waals surface area contributed by atoms with Crippen LogP contribution in [0, 0.1) is 0 Å². The Morgan fingerprint density at radius 1 is 1.41 bits per heavy atom. The van der Waals surface area contributed by atoms with Gasteiger partial charge < -0.3 is 26.4 Å². The van der Waals surface area contributed by atoms with Gasteiger partial charge in [0.2, 0.25) is 0 Å². The van der Waals surface area contributed by atoms with Gasteiger partial charge in [-0.05, 0) is 23.3 Å². The molecular weight excluding hydrogens is 342 g/mol. The highest BCUT2D eigenvalue weighted by Crippen LogP contribution is 2.25. The minimum Gasteiger partial charge on any atom is -0.493 e. The van der Waals surface area contributed by atoms with Crippen molar-refractivity contribution in [3.8, 4) is 5.75 Å². The van der Waals surface area contributed by atoms with Crippen LogP contribution in [0.2, 0.25) is 0 Å². The van der Waals surface area contributed by atoms with Gasteiger partial charge in [0.25, 0.3) is 5.91 Å². The first kappa shape index (κ1) is 21.0. The predicted octanol–water partition coefficient (Wildman–Crippen LogP) is 0.809. The van der Waals surface area contributed by atoms with Crippen LogP contribution in [-0.2, 0) is 17.8 Å². The first-order chi connectivity index (χ1) is 13.1. The highest BCUT2D eigenvalue weighted by Gasteiger charge is 2.22. The molecule has 1 amide bonds. The maximum atomic E-state index is 12.4. The Hall–Kier alpha value is -2.35. The zero-order valence-electron chi connectivity index (χ0n) is 16.4. The monoisotopic (exact) mass is 373 g/mol. The van der Waals surface area contributed by atoms with Crippen molar-refractivity contribution in [3.63, 3.8) is 0 Å². The van der Waals surface area contributed by atoms with E-state index in [-0.39, 0.29) is 18.1 Å². The Morgan fingerprint density at radius 3 is 2.89 bits per heavy atom. The summed E-state index contributed by atoms with van der Waals surface area (Å²) in [6, 6.07) is 5.99. The fraction of sp³-hybridized carbons (Fsp3) is 0.450. The van der Waals surface area contributed by atoms with Gasteiger partial charge in [-0.15, -0.1) is 0 Å². The van der Waals surface area contributed by atoms with Crippen LogP contribution in [0.1, 0.15) is 25.0 Å². The van der Waals surface area contributed by atoms with Gasteiger partial charge in [-0.1, -0.05) is 32.1 Å². The van der Waals surface area contributed by atoms with E-state index in [1.54, 1.807) is 12.3 Å². The maximum absolute atomic E-state index is 12.4. The van der Waals surface area contributed by atoms with E-state index in [9.17, 15) is 4.79 Å². The standard InChI is InChI=1S/C18H25N5O2.C2H6/c1-23-10-14(3-4-15(23)17(20)22-11-19)18(24)21-9-12-2-5-16-13(8-12)6-7-25-16;1-2/h2-5,8,10,15,17,22H,6-7,9,11,19-20H2,1H3,(H,21,24);1-2H3. The molecule has 27 heavy (non-hydrogen) atoms. The topological polar surface area (TPSA) is 106 Å². The Morgan fingerprint density at radius 2 is 2.19 bits per heavy atom. The molecule has 0 saturated carbocycles. The lowest BCUT2D eigenvalue weighted by molar-refractivity contribution is -0.117. The van der Waals surface area contributed by atoms with E-state index in [2.05, 4.69) is 16.7 Å². The molecule has 2 atom stereocenters. The van der Waals surface area contributed by atoms with E-state index in [0.717, 1.165) is 24.3 Å². The number of fused-ring (bicyclic) bond motifs is 1. The van der Waals surface area contributed by atoms with Crippen LogP contribution in [0.3, 0.4) is 0 Å². The molecule has 0 bridgehead atoms. The Balaban J connectivity index is 0.00000126. The smallest absolute Gasteiger partial charge is 0.253 e. The molecule has 1 aromatic carbocycles. The Labute approximate surface area is 161 Å². The fourth-order valence-corrected chi connectivity index (χ4v) is 3.08.